The molecule has 7 heteroatoms. The first-order valence-electron chi connectivity index (χ1n) is 8.42. The van der Waals surface area contributed by atoms with E-state index in [-0.39, 0.29) is 0 Å². The fraction of sp³-hybridized carbons (Fsp3) is 0.238. The number of carbonyl (C=O) groups is 2. The maximum absolute atomic E-state index is 9.55. The zero-order valence-electron chi connectivity index (χ0n) is 16.2. The summed E-state index contributed by atoms with van der Waals surface area (Å²) in [6.45, 7) is 1.77. The number of rotatable bonds is 8. The minimum atomic E-state index is -1.26. The fourth-order valence-corrected chi connectivity index (χ4v) is 2.36. The second-order valence-corrected chi connectivity index (χ2v) is 5.89. The molecule has 2 N–H and O–H groups in total. The van der Waals surface area contributed by atoms with Crippen molar-refractivity contribution in [3.05, 3.63) is 71.8 Å². The lowest BCUT2D eigenvalue weighted by Gasteiger charge is -2.17. The van der Waals surface area contributed by atoms with Crippen LogP contribution in [-0.4, -0.2) is 48.3 Å². The van der Waals surface area contributed by atoms with Crippen LogP contribution in [0.5, 0.6) is 11.5 Å². The predicted molar refractivity (Wildman–Crippen MR) is 106 cm³/mol. The molecule has 28 heavy (non-hydrogen) atoms. The summed E-state index contributed by atoms with van der Waals surface area (Å²) in [6, 6.07) is 16.3. The minimum Gasteiger partial charge on any atom is -0.497 e. The maximum atomic E-state index is 9.55. The average molecular weight is 387 g/mol. The maximum Gasteiger partial charge on any atom is 0.328 e. The summed E-state index contributed by atoms with van der Waals surface area (Å²) in [7, 11) is 5.50. The number of ether oxygens (including phenoxy) is 2. The van der Waals surface area contributed by atoms with Gasteiger partial charge in [-0.15, -0.1) is 0 Å². The van der Waals surface area contributed by atoms with E-state index in [0.717, 1.165) is 24.6 Å². The number of methoxy groups -OCH3 is 2. The lowest BCUT2D eigenvalue weighted by Crippen LogP contribution is -2.17. The average Bonchev–Trinajstić information content (AvgIpc) is 2.67. The Labute approximate surface area is 164 Å². The van der Waals surface area contributed by atoms with Crippen molar-refractivity contribution in [1.82, 2.24) is 4.90 Å². The molecule has 0 aliphatic heterocycles. The van der Waals surface area contributed by atoms with Crippen LogP contribution < -0.4 is 9.47 Å². The molecule has 2 aromatic carbocycles. The Morgan fingerprint density at radius 1 is 0.857 bits per heavy atom. The lowest BCUT2D eigenvalue weighted by atomic mass is 10.1. The van der Waals surface area contributed by atoms with Crippen LogP contribution in [0.3, 0.4) is 0 Å². The molecule has 0 heterocycles. The van der Waals surface area contributed by atoms with Crippen LogP contribution in [0, 0.1) is 0 Å². The first kappa shape index (κ1) is 22.7. The number of hydrogen-bond acceptors (Lipinski definition) is 5. The van der Waals surface area contributed by atoms with Crippen LogP contribution in [0.1, 0.15) is 11.1 Å². The molecule has 0 saturated carbocycles. The molecule has 0 unspecified atom stereocenters. The Kier molecular flexibility index (Phi) is 9.85. The van der Waals surface area contributed by atoms with Gasteiger partial charge in [0.15, 0.2) is 0 Å². The molecule has 0 bridgehead atoms. The van der Waals surface area contributed by atoms with E-state index in [0.29, 0.717) is 12.2 Å². The van der Waals surface area contributed by atoms with Gasteiger partial charge in [0.05, 0.1) is 14.2 Å². The Morgan fingerprint density at radius 3 is 1.57 bits per heavy atom. The van der Waals surface area contributed by atoms with Gasteiger partial charge >= 0.3 is 11.9 Å². The van der Waals surface area contributed by atoms with E-state index in [9.17, 15) is 9.59 Å². The Morgan fingerprint density at radius 2 is 1.25 bits per heavy atom. The van der Waals surface area contributed by atoms with Crippen molar-refractivity contribution in [3.8, 4) is 11.5 Å². The third-order valence-electron chi connectivity index (χ3n) is 3.54. The van der Waals surface area contributed by atoms with Gasteiger partial charge in [0.2, 0.25) is 0 Å². The molecule has 2 aromatic rings. The van der Waals surface area contributed by atoms with E-state index in [4.69, 9.17) is 19.7 Å². The number of nitrogens with zero attached hydrogens (tertiary/aromatic N) is 1. The zero-order valence-corrected chi connectivity index (χ0v) is 16.2. The SMILES string of the molecule is COc1cccc(CN(C)Cc2cccc(OC)c2)c1.O=C(O)C=CC(=O)O. The highest BCUT2D eigenvalue weighted by Crippen LogP contribution is 2.17. The molecule has 0 atom stereocenters. The van der Waals surface area contributed by atoms with Crippen LogP contribution in [-0.2, 0) is 22.7 Å². The van der Waals surface area contributed by atoms with Crippen molar-refractivity contribution in [2.75, 3.05) is 21.3 Å². The van der Waals surface area contributed by atoms with Gasteiger partial charge in [-0.05, 0) is 42.4 Å². The summed E-state index contributed by atoms with van der Waals surface area (Å²) < 4.78 is 10.5. The van der Waals surface area contributed by atoms with Crippen LogP contribution in [0.4, 0.5) is 0 Å². The van der Waals surface area contributed by atoms with Gasteiger partial charge in [0, 0.05) is 25.2 Å². The standard InChI is InChI=1S/C17H21NO2.C4H4O4/c1-18(12-14-6-4-8-16(10-14)19-2)13-15-7-5-9-17(11-15)20-3;5-3(6)1-2-4(7)8/h4-11H,12-13H2,1-3H3;1-2H,(H,5,6)(H,7,8). The molecule has 150 valence electrons. The normalized spacial score (nSPS) is 10.3. The van der Waals surface area contributed by atoms with Crippen molar-refractivity contribution < 1.29 is 29.3 Å². The van der Waals surface area contributed by atoms with Gasteiger partial charge in [-0.3, -0.25) is 4.90 Å². The van der Waals surface area contributed by atoms with Crippen molar-refractivity contribution in [1.29, 1.82) is 0 Å². The largest absolute Gasteiger partial charge is 0.497 e. The van der Waals surface area contributed by atoms with Crippen LogP contribution in [0.2, 0.25) is 0 Å². The number of hydrogen-bond donors (Lipinski definition) is 2. The van der Waals surface area contributed by atoms with Crippen molar-refractivity contribution in [3.63, 3.8) is 0 Å². The molecule has 0 aliphatic rings. The number of benzene rings is 2. The molecule has 0 spiro atoms. The van der Waals surface area contributed by atoms with Gasteiger partial charge in [-0.1, -0.05) is 24.3 Å². The van der Waals surface area contributed by atoms with Crippen molar-refractivity contribution in [2.24, 2.45) is 0 Å². The van der Waals surface area contributed by atoms with E-state index >= 15 is 0 Å². The van der Waals surface area contributed by atoms with Gasteiger partial charge in [0.1, 0.15) is 11.5 Å². The smallest absolute Gasteiger partial charge is 0.328 e. The lowest BCUT2D eigenvalue weighted by molar-refractivity contribution is -0.134. The highest BCUT2D eigenvalue weighted by molar-refractivity contribution is 5.89. The molecule has 0 aromatic heterocycles. The van der Waals surface area contributed by atoms with Crippen LogP contribution >= 0.6 is 0 Å². The predicted octanol–water partition coefficient (Wildman–Crippen LogP) is 3.05. The minimum absolute atomic E-state index is 0.558. The van der Waals surface area contributed by atoms with E-state index in [2.05, 4.69) is 36.2 Å². The molecular formula is C21H25NO6. The van der Waals surface area contributed by atoms with Crippen LogP contribution in [0.25, 0.3) is 0 Å². The first-order chi connectivity index (χ1) is 13.3. The molecule has 7 nitrogen and oxygen atoms in total. The third-order valence-corrected chi connectivity index (χ3v) is 3.54. The van der Waals surface area contributed by atoms with Crippen molar-refractivity contribution >= 4 is 11.9 Å². The van der Waals surface area contributed by atoms with E-state index in [1.54, 1.807) is 14.2 Å². The van der Waals surface area contributed by atoms with E-state index < -0.39 is 11.9 Å². The summed E-state index contributed by atoms with van der Waals surface area (Å²) in [5.41, 5.74) is 2.49. The van der Waals surface area contributed by atoms with E-state index in [1.165, 1.54) is 11.1 Å². The number of carboxylic acid groups (broad SMARTS) is 2. The van der Waals surface area contributed by atoms with Gasteiger partial charge in [0.25, 0.3) is 0 Å². The topological polar surface area (TPSA) is 96.3 Å². The highest BCUT2D eigenvalue weighted by Gasteiger charge is 2.04. The quantitative estimate of drug-likeness (QED) is 0.672. The first-order valence-corrected chi connectivity index (χ1v) is 8.42. The Balaban J connectivity index is 0.000000416. The van der Waals surface area contributed by atoms with E-state index in [1.807, 2.05) is 24.3 Å². The summed E-state index contributed by atoms with van der Waals surface area (Å²) in [6.07, 6.45) is 1.12. The molecule has 2 rings (SSSR count). The summed E-state index contributed by atoms with van der Waals surface area (Å²) in [4.78, 5) is 21.4. The highest BCUT2D eigenvalue weighted by atomic mass is 16.5. The molecule has 0 radical (unpaired) electrons. The van der Waals surface area contributed by atoms with Gasteiger partial charge in [-0.2, -0.15) is 0 Å². The van der Waals surface area contributed by atoms with Crippen LogP contribution in [0.15, 0.2) is 60.7 Å². The molecule has 0 saturated heterocycles. The summed E-state index contributed by atoms with van der Waals surface area (Å²) in [5.74, 6) is -0.714. The summed E-state index contributed by atoms with van der Waals surface area (Å²) in [5, 5.41) is 15.6. The van der Waals surface area contributed by atoms with Gasteiger partial charge in [-0.25, -0.2) is 9.59 Å². The summed E-state index contributed by atoms with van der Waals surface area (Å²) >= 11 is 0. The molecule has 0 aliphatic carbocycles. The van der Waals surface area contributed by atoms with Gasteiger partial charge < -0.3 is 19.7 Å². The Bertz CT molecular complexity index is 737. The number of carboxylic acids is 2. The number of aliphatic carboxylic acids is 2. The monoisotopic (exact) mass is 387 g/mol. The Hall–Kier alpha value is -3.32. The fourth-order valence-electron chi connectivity index (χ4n) is 2.36. The molecular weight excluding hydrogens is 362 g/mol. The molecule has 0 fully saturated rings. The zero-order chi connectivity index (χ0) is 20.9. The second kappa shape index (κ2) is 12.1. The molecule has 0 amide bonds. The third kappa shape index (κ3) is 9.40. The van der Waals surface area contributed by atoms with Crippen molar-refractivity contribution in [2.45, 2.75) is 13.1 Å². The second-order valence-electron chi connectivity index (χ2n) is 5.89.